The fraction of sp³-hybridized carbons (Fsp3) is 0.360. The van der Waals surface area contributed by atoms with Gasteiger partial charge in [0.25, 0.3) is 5.91 Å². The van der Waals surface area contributed by atoms with Crippen LogP contribution in [0.5, 0.6) is 0 Å². The number of carbonyl (C=O) groups excluding carboxylic acids is 1. The molecule has 6 nitrogen and oxygen atoms in total. The van der Waals surface area contributed by atoms with Crippen molar-refractivity contribution in [3.63, 3.8) is 0 Å². The minimum Gasteiger partial charge on any atom is -0.391 e. The van der Waals surface area contributed by atoms with E-state index in [1.807, 2.05) is 5.32 Å². The van der Waals surface area contributed by atoms with Crippen molar-refractivity contribution >= 4 is 45.6 Å². The molecule has 1 aliphatic rings. The zero-order valence-electron chi connectivity index (χ0n) is 20.3. The number of aryl methyl sites for hydroxylation is 1. The summed E-state index contributed by atoms with van der Waals surface area (Å²) in [5, 5.41) is 16.0. The average Bonchev–Trinajstić information content (AvgIpc) is 3.54. The topological polar surface area (TPSA) is 92.3 Å². The third-order valence-electron chi connectivity index (χ3n) is 6.64. The third kappa shape index (κ3) is 5.86. The summed E-state index contributed by atoms with van der Waals surface area (Å²) < 4.78 is 82.7. The monoisotopic (exact) mass is 592 g/mol. The van der Waals surface area contributed by atoms with Crippen LogP contribution in [0.1, 0.15) is 59.2 Å². The summed E-state index contributed by atoms with van der Waals surface area (Å²) in [6.07, 6.45) is -10.7. The van der Waals surface area contributed by atoms with Crippen molar-refractivity contribution < 1.29 is 36.2 Å². The predicted molar refractivity (Wildman–Crippen MR) is 137 cm³/mol. The van der Waals surface area contributed by atoms with Gasteiger partial charge in [-0.1, -0.05) is 36.0 Å². The highest BCUT2D eigenvalue weighted by molar-refractivity contribution is 7.80. The lowest BCUT2D eigenvalue weighted by atomic mass is 10.0. The first kappa shape index (κ1) is 29.1. The second kappa shape index (κ2) is 10.3. The van der Waals surface area contributed by atoms with Crippen LogP contribution in [0.2, 0.25) is 5.02 Å². The molecule has 2 unspecified atom stereocenters. The molecule has 4 rings (SSSR count). The molecule has 5 N–H and O–H groups in total. The Morgan fingerprint density at radius 2 is 1.85 bits per heavy atom. The first-order chi connectivity index (χ1) is 18.1. The fourth-order valence-electron chi connectivity index (χ4n) is 4.42. The Labute approximate surface area is 229 Å². The minimum atomic E-state index is -5.04. The number of nitrogens with two attached hydrogens (primary N) is 1. The molecule has 0 radical (unpaired) electrons. The molecule has 0 saturated heterocycles. The second-order valence-corrected chi connectivity index (χ2v) is 10.1. The number of alkyl halides is 6. The van der Waals surface area contributed by atoms with Crippen LogP contribution in [0.3, 0.4) is 0 Å². The Morgan fingerprint density at radius 3 is 2.38 bits per heavy atom. The molecule has 0 spiro atoms. The van der Waals surface area contributed by atoms with Gasteiger partial charge in [0.05, 0.1) is 32.4 Å². The molecule has 0 aliphatic heterocycles. The zero-order valence-corrected chi connectivity index (χ0v) is 21.8. The van der Waals surface area contributed by atoms with Crippen LogP contribution >= 0.6 is 23.8 Å². The maximum atomic E-state index is 13.9. The number of halogens is 7. The number of carbonyl (C=O) groups is 1. The molecular weight excluding hydrogens is 570 g/mol. The van der Waals surface area contributed by atoms with E-state index in [4.69, 9.17) is 29.6 Å². The number of nitrogens with zero attached hydrogens (tertiary/aromatic N) is 1. The van der Waals surface area contributed by atoms with E-state index in [1.165, 1.54) is 22.8 Å². The van der Waals surface area contributed by atoms with Crippen molar-refractivity contribution in [2.24, 2.45) is 5.73 Å². The van der Waals surface area contributed by atoms with Crippen LogP contribution in [0.25, 0.3) is 10.9 Å². The number of amides is 1. The van der Waals surface area contributed by atoms with Crippen molar-refractivity contribution in [1.29, 1.82) is 0 Å². The highest BCUT2D eigenvalue weighted by atomic mass is 35.5. The van der Waals surface area contributed by atoms with Crippen molar-refractivity contribution in [3.05, 3.63) is 69.9 Å². The van der Waals surface area contributed by atoms with Crippen LogP contribution in [0.4, 0.5) is 26.3 Å². The second-order valence-electron chi connectivity index (χ2n) is 9.27. The highest BCUT2D eigenvalue weighted by Crippen LogP contribution is 2.39. The van der Waals surface area contributed by atoms with Crippen LogP contribution in [0.15, 0.2) is 42.5 Å². The van der Waals surface area contributed by atoms with E-state index >= 15 is 0 Å². The molecule has 1 aliphatic carbocycles. The lowest BCUT2D eigenvalue weighted by Crippen LogP contribution is -2.45. The first-order valence-electron chi connectivity index (χ1n) is 11.7. The summed E-state index contributed by atoms with van der Waals surface area (Å²) in [5.41, 5.74) is 3.44. The van der Waals surface area contributed by atoms with E-state index < -0.39 is 47.2 Å². The van der Waals surface area contributed by atoms with Crippen LogP contribution in [-0.2, 0) is 12.7 Å². The number of thiocarbonyl (C=S) groups is 1. The summed E-state index contributed by atoms with van der Waals surface area (Å²) in [6.45, 7) is 1.88. The maximum absolute atomic E-state index is 13.9. The van der Waals surface area contributed by atoms with Gasteiger partial charge in [-0.2, -0.15) is 26.3 Å². The largest absolute Gasteiger partial charge is 0.416 e. The number of aliphatic hydroxyl groups is 1. The van der Waals surface area contributed by atoms with E-state index in [-0.39, 0.29) is 27.8 Å². The smallest absolute Gasteiger partial charge is 0.391 e. The molecule has 39 heavy (non-hydrogen) atoms. The number of aromatic nitrogens is 1. The Hall–Kier alpha value is -2.87. The van der Waals surface area contributed by atoms with Gasteiger partial charge in [0.15, 0.2) is 0 Å². The van der Waals surface area contributed by atoms with Crippen LogP contribution in [0, 0.1) is 0 Å². The predicted octanol–water partition coefficient (Wildman–Crippen LogP) is 5.77. The average molecular weight is 593 g/mol. The first-order valence-corrected chi connectivity index (χ1v) is 12.5. The van der Waals surface area contributed by atoms with E-state index in [2.05, 4.69) is 5.32 Å². The maximum Gasteiger partial charge on any atom is 0.416 e. The SMILES string of the molecule is CCn1c(C(O)NC(c2cccc(C(F)(F)F)c2)C(F)(F)F)cc2cc(C(=O)NC3(C(N)=S)CC3)c(Cl)cc21. The van der Waals surface area contributed by atoms with Gasteiger partial charge in [0, 0.05) is 17.4 Å². The molecule has 1 amide bonds. The molecule has 0 bridgehead atoms. The molecular formula is C25H23ClF6N4O2S. The number of fused-ring (bicyclic) bond motifs is 1. The van der Waals surface area contributed by atoms with Crippen molar-refractivity contribution in [2.75, 3.05) is 0 Å². The van der Waals surface area contributed by atoms with Crippen LogP contribution in [-0.4, -0.2) is 32.3 Å². The normalized spacial score (nSPS) is 16.6. The van der Waals surface area contributed by atoms with E-state index in [9.17, 15) is 36.2 Å². The summed E-state index contributed by atoms with van der Waals surface area (Å²) in [5.74, 6) is -0.543. The Morgan fingerprint density at radius 1 is 1.18 bits per heavy atom. The highest BCUT2D eigenvalue weighted by Gasteiger charge is 2.47. The standard InChI is InChI=1S/C25H23ClF6N4O2S/c1-2-36-17-11-16(26)15(20(37)35-23(6-7-23)22(33)39)9-13(17)10-18(36)21(38)34-19(25(30,31)32)12-4-3-5-14(8-12)24(27,28)29/h3-5,8-11,19,21,34,38H,2,6-7H2,1H3,(H2,33,39)(H,35,37). The van der Waals surface area contributed by atoms with Gasteiger partial charge < -0.3 is 20.7 Å². The Kier molecular flexibility index (Phi) is 7.67. The van der Waals surface area contributed by atoms with Crippen molar-refractivity contribution in [2.45, 2.75) is 56.5 Å². The molecule has 1 heterocycles. The van der Waals surface area contributed by atoms with Crippen molar-refractivity contribution in [3.8, 4) is 0 Å². The molecule has 1 fully saturated rings. The van der Waals surface area contributed by atoms with Gasteiger partial charge in [0.2, 0.25) is 0 Å². The summed E-state index contributed by atoms with van der Waals surface area (Å²) in [4.78, 5) is 13.0. The molecule has 2 aromatic carbocycles. The van der Waals surface area contributed by atoms with E-state index in [0.29, 0.717) is 35.9 Å². The van der Waals surface area contributed by atoms with Gasteiger partial charge in [-0.05, 0) is 55.7 Å². The number of hydrogen-bond donors (Lipinski definition) is 4. The molecule has 1 aromatic heterocycles. The van der Waals surface area contributed by atoms with Gasteiger partial charge >= 0.3 is 12.4 Å². The van der Waals surface area contributed by atoms with Crippen molar-refractivity contribution in [1.82, 2.24) is 15.2 Å². The number of hydrogen-bond acceptors (Lipinski definition) is 4. The lowest BCUT2D eigenvalue weighted by Gasteiger charge is -2.26. The number of rotatable bonds is 8. The minimum absolute atomic E-state index is 0.0100. The Balaban J connectivity index is 1.68. The quantitative estimate of drug-likeness (QED) is 0.152. The summed E-state index contributed by atoms with van der Waals surface area (Å²) >= 11 is 11.4. The van der Waals surface area contributed by atoms with Gasteiger partial charge in [-0.3, -0.25) is 10.1 Å². The van der Waals surface area contributed by atoms with Gasteiger partial charge in [0.1, 0.15) is 12.3 Å². The van der Waals surface area contributed by atoms with E-state index in [1.54, 1.807) is 6.92 Å². The molecule has 210 valence electrons. The van der Waals surface area contributed by atoms with E-state index in [0.717, 1.165) is 12.1 Å². The fourth-order valence-corrected chi connectivity index (χ4v) is 4.92. The summed E-state index contributed by atoms with van der Waals surface area (Å²) in [7, 11) is 0. The van der Waals surface area contributed by atoms with Gasteiger partial charge in [-0.15, -0.1) is 0 Å². The molecule has 2 atom stereocenters. The molecule has 3 aromatic rings. The summed E-state index contributed by atoms with van der Waals surface area (Å²) in [6, 6.07) is 4.45. The Bertz CT molecular complexity index is 1430. The number of nitrogens with one attached hydrogen (secondary N) is 2. The van der Waals surface area contributed by atoms with Gasteiger partial charge in [-0.25, -0.2) is 0 Å². The lowest BCUT2D eigenvalue weighted by molar-refractivity contribution is -0.166. The van der Waals surface area contributed by atoms with Crippen LogP contribution < -0.4 is 16.4 Å². The third-order valence-corrected chi connectivity index (χ3v) is 7.34. The number of benzene rings is 2. The molecule has 14 heteroatoms. The zero-order chi connectivity index (χ0) is 28.9. The molecule has 1 saturated carbocycles. The number of aliphatic hydroxyl groups excluding tert-OH is 1.